The van der Waals surface area contributed by atoms with Crippen LogP contribution in [0.15, 0.2) is 65.3 Å². The molecule has 1 amide bonds. The first-order valence-corrected chi connectivity index (χ1v) is 10.2. The van der Waals surface area contributed by atoms with Crippen LogP contribution in [-0.4, -0.2) is 31.6 Å². The maximum absolute atomic E-state index is 13.8. The molecule has 11 heteroatoms. The fourth-order valence-electron chi connectivity index (χ4n) is 3.90. The van der Waals surface area contributed by atoms with Gasteiger partial charge in [-0.2, -0.15) is 23.4 Å². The minimum Gasteiger partial charge on any atom is -0.467 e. The molecule has 0 radical (unpaired) electrons. The monoisotopic (exact) mass is 456 g/mol. The number of alkyl halides is 3. The van der Waals surface area contributed by atoms with E-state index in [1.165, 1.54) is 12.3 Å². The lowest BCUT2D eigenvalue weighted by Gasteiger charge is -2.32. The summed E-state index contributed by atoms with van der Waals surface area (Å²) < 4.78 is 49.1. The molecule has 4 aromatic rings. The number of hydrogen-bond donors (Lipinski definition) is 2. The number of carbonyl (C=O) groups is 1. The molecule has 1 aliphatic heterocycles. The fourth-order valence-corrected chi connectivity index (χ4v) is 3.90. The van der Waals surface area contributed by atoms with Crippen molar-refractivity contribution in [2.24, 2.45) is 0 Å². The number of aromatic nitrogens is 4. The van der Waals surface area contributed by atoms with Crippen LogP contribution in [-0.2, 0) is 0 Å². The van der Waals surface area contributed by atoms with Crippen LogP contribution in [0, 0.1) is 6.92 Å². The number of rotatable bonds is 4. The molecule has 0 spiro atoms. The Hall–Kier alpha value is -4.02. The molecule has 0 bridgehead atoms. The second kappa shape index (κ2) is 7.84. The van der Waals surface area contributed by atoms with Crippen LogP contribution in [0.2, 0.25) is 0 Å². The molecule has 0 saturated carbocycles. The number of nitrogens with zero attached hydrogens (tertiary/aromatic N) is 4. The second-order valence-electron chi connectivity index (χ2n) is 7.74. The van der Waals surface area contributed by atoms with Gasteiger partial charge in [0.2, 0.25) is 0 Å². The molecular weight excluding hydrogens is 437 g/mol. The van der Waals surface area contributed by atoms with Crippen molar-refractivity contribution < 1.29 is 22.4 Å². The molecule has 0 fully saturated rings. The molecule has 4 heterocycles. The van der Waals surface area contributed by atoms with Crippen molar-refractivity contribution in [1.29, 1.82) is 0 Å². The van der Waals surface area contributed by atoms with Gasteiger partial charge in [-0.1, -0.05) is 18.2 Å². The summed E-state index contributed by atoms with van der Waals surface area (Å²) in [6.07, 6.45) is -3.46. The minimum absolute atomic E-state index is 0.0860. The molecule has 2 atom stereocenters. The Morgan fingerprint density at radius 2 is 1.94 bits per heavy atom. The Morgan fingerprint density at radius 1 is 1.15 bits per heavy atom. The lowest BCUT2D eigenvalue weighted by Crippen LogP contribution is -2.35. The standard InChI is InChI=1S/C22H19F3N6O2/c1-13-10-19(30(28-13)14-6-3-2-4-7-14)27-21(32)16-12-20-26-15(17-8-5-9-33-17)11-18(22(23,24)25)31(20)29-16/h2-10,12,15,18,26H,11H2,1H3,(H,27,32)/t15-,18-/m1/s1. The predicted octanol–water partition coefficient (Wildman–Crippen LogP) is 4.88. The summed E-state index contributed by atoms with van der Waals surface area (Å²) in [5, 5.41) is 14.1. The molecule has 3 aromatic heterocycles. The van der Waals surface area contributed by atoms with Gasteiger partial charge in [-0.05, 0) is 31.2 Å². The third-order valence-corrected chi connectivity index (χ3v) is 5.38. The smallest absolute Gasteiger partial charge is 0.410 e. The molecule has 0 unspecified atom stereocenters. The molecular formula is C22H19F3N6O2. The van der Waals surface area contributed by atoms with Crippen LogP contribution in [0.1, 0.15) is 40.4 Å². The Bertz CT molecular complexity index is 1280. The zero-order valence-electron chi connectivity index (χ0n) is 17.4. The third kappa shape index (κ3) is 3.97. The van der Waals surface area contributed by atoms with Gasteiger partial charge in [0.1, 0.15) is 17.4 Å². The molecule has 5 rings (SSSR count). The molecule has 1 aromatic carbocycles. The van der Waals surface area contributed by atoms with Crippen LogP contribution in [0.3, 0.4) is 0 Å². The fraction of sp³-hybridized carbons (Fsp3) is 0.227. The van der Waals surface area contributed by atoms with Gasteiger partial charge in [-0.3, -0.25) is 4.79 Å². The van der Waals surface area contributed by atoms with E-state index in [0.29, 0.717) is 17.3 Å². The summed E-state index contributed by atoms with van der Waals surface area (Å²) in [6.45, 7) is 1.77. The average molecular weight is 456 g/mol. The minimum atomic E-state index is -4.55. The number of halogens is 3. The van der Waals surface area contributed by atoms with Crippen LogP contribution in [0.4, 0.5) is 24.8 Å². The highest BCUT2D eigenvalue weighted by Crippen LogP contribution is 2.43. The number of amides is 1. The number of nitrogens with one attached hydrogen (secondary N) is 2. The van der Waals surface area contributed by atoms with Gasteiger partial charge in [-0.15, -0.1) is 0 Å². The van der Waals surface area contributed by atoms with E-state index in [0.717, 1.165) is 10.4 Å². The number of hydrogen-bond acceptors (Lipinski definition) is 5. The normalized spacial score (nSPS) is 17.9. The number of furan rings is 1. The van der Waals surface area contributed by atoms with Crippen molar-refractivity contribution in [2.75, 3.05) is 10.6 Å². The Kier molecular flexibility index (Phi) is 4.95. The first-order valence-electron chi connectivity index (χ1n) is 10.2. The summed E-state index contributed by atoms with van der Waals surface area (Å²) in [7, 11) is 0. The van der Waals surface area contributed by atoms with E-state index in [1.54, 1.807) is 29.8 Å². The van der Waals surface area contributed by atoms with Gasteiger partial charge < -0.3 is 15.1 Å². The van der Waals surface area contributed by atoms with Crippen molar-refractivity contribution in [3.05, 3.63) is 78.0 Å². The van der Waals surface area contributed by atoms with Gasteiger partial charge in [0, 0.05) is 18.6 Å². The summed E-state index contributed by atoms with van der Waals surface area (Å²) in [5.74, 6) is 0.197. The Balaban J connectivity index is 1.45. The maximum atomic E-state index is 13.8. The first-order chi connectivity index (χ1) is 15.8. The van der Waals surface area contributed by atoms with Gasteiger partial charge in [-0.25, -0.2) is 9.36 Å². The quantitative estimate of drug-likeness (QED) is 0.457. The summed E-state index contributed by atoms with van der Waals surface area (Å²) in [6, 6.07) is 12.8. The van der Waals surface area contributed by atoms with Crippen LogP contribution in [0.5, 0.6) is 0 Å². The van der Waals surface area contributed by atoms with E-state index >= 15 is 0 Å². The van der Waals surface area contributed by atoms with Gasteiger partial charge in [0.15, 0.2) is 11.7 Å². The summed E-state index contributed by atoms with van der Waals surface area (Å²) in [5.41, 5.74) is 1.24. The lowest BCUT2D eigenvalue weighted by atomic mass is 10.0. The number of para-hydroxylation sites is 1. The first kappa shape index (κ1) is 20.9. The van der Waals surface area contributed by atoms with Crippen molar-refractivity contribution in [2.45, 2.75) is 31.6 Å². The Labute approximate surface area is 186 Å². The molecule has 0 saturated heterocycles. The van der Waals surface area contributed by atoms with Gasteiger partial charge >= 0.3 is 6.18 Å². The van der Waals surface area contributed by atoms with E-state index in [-0.39, 0.29) is 17.9 Å². The molecule has 170 valence electrons. The van der Waals surface area contributed by atoms with Crippen molar-refractivity contribution in [3.63, 3.8) is 0 Å². The third-order valence-electron chi connectivity index (χ3n) is 5.38. The largest absolute Gasteiger partial charge is 0.467 e. The summed E-state index contributed by atoms with van der Waals surface area (Å²) in [4.78, 5) is 12.9. The van der Waals surface area contributed by atoms with E-state index in [4.69, 9.17) is 4.42 Å². The molecule has 0 aliphatic carbocycles. The van der Waals surface area contributed by atoms with Crippen LogP contribution >= 0.6 is 0 Å². The number of anilines is 2. The molecule has 1 aliphatic rings. The molecule has 33 heavy (non-hydrogen) atoms. The predicted molar refractivity (Wildman–Crippen MR) is 113 cm³/mol. The van der Waals surface area contributed by atoms with Crippen LogP contribution < -0.4 is 10.6 Å². The number of benzene rings is 1. The van der Waals surface area contributed by atoms with Crippen molar-refractivity contribution in [3.8, 4) is 5.69 Å². The zero-order valence-corrected chi connectivity index (χ0v) is 17.4. The van der Waals surface area contributed by atoms with Crippen molar-refractivity contribution >= 4 is 17.5 Å². The molecule has 8 nitrogen and oxygen atoms in total. The average Bonchev–Trinajstić information content (AvgIpc) is 3.52. The topological polar surface area (TPSA) is 89.9 Å². The lowest BCUT2D eigenvalue weighted by molar-refractivity contribution is -0.174. The van der Waals surface area contributed by atoms with E-state index in [2.05, 4.69) is 20.8 Å². The number of aryl methyl sites for hydroxylation is 1. The van der Waals surface area contributed by atoms with E-state index in [1.807, 2.05) is 30.3 Å². The highest BCUT2D eigenvalue weighted by molar-refractivity contribution is 6.03. The van der Waals surface area contributed by atoms with Gasteiger partial charge in [0.05, 0.1) is 23.7 Å². The zero-order chi connectivity index (χ0) is 23.2. The highest BCUT2D eigenvalue weighted by Gasteiger charge is 2.47. The summed E-state index contributed by atoms with van der Waals surface area (Å²) >= 11 is 0. The van der Waals surface area contributed by atoms with E-state index in [9.17, 15) is 18.0 Å². The van der Waals surface area contributed by atoms with Crippen molar-refractivity contribution in [1.82, 2.24) is 19.6 Å². The van der Waals surface area contributed by atoms with E-state index < -0.39 is 24.2 Å². The van der Waals surface area contributed by atoms with Crippen LogP contribution in [0.25, 0.3) is 5.69 Å². The SMILES string of the molecule is Cc1cc(NC(=O)c2cc3n(n2)[C@@H](C(F)(F)F)C[C@H](c2ccco2)N3)n(-c2ccccc2)n1. The maximum Gasteiger partial charge on any atom is 0.410 e. The Morgan fingerprint density at radius 3 is 2.64 bits per heavy atom. The number of carbonyl (C=O) groups excluding carboxylic acids is 1. The molecule has 2 N–H and O–H groups in total. The van der Waals surface area contributed by atoms with Gasteiger partial charge in [0.25, 0.3) is 5.91 Å². The highest BCUT2D eigenvalue weighted by atomic mass is 19.4. The second-order valence-corrected chi connectivity index (χ2v) is 7.74. The number of fused-ring (bicyclic) bond motifs is 1.